The normalized spacial score (nSPS) is 16.2. The summed E-state index contributed by atoms with van der Waals surface area (Å²) in [4.78, 5) is 15.7. The van der Waals surface area contributed by atoms with Crippen LogP contribution in [-0.4, -0.2) is 57.0 Å². The van der Waals surface area contributed by atoms with Crippen LogP contribution < -0.4 is 15.0 Å². The SMILES string of the molecule is CNc1nc2cc([C@H](O)C(C)(C)O)ncc2nc1N1CCC(Oc2ccc(F)cc2F)CC1. The molecule has 1 aliphatic rings. The summed E-state index contributed by atoms with van der Waals surface area (Å²) in [5.74, 6) is -0.0704. The number of fused-ring (bicyclic) bond motifs is 1. The van der Waals surface area contributed by atoms with Crippen LogP contribution in [0, 0.1) is 11.6 Å². The molecule has 1 atom stereocenters. The van der Waals surface area contributed by atoms with Gasteiger partial charge in [-0.15, -0.1) is 0 Å². The van der Waals surface area contributed by atoms with Crippen LogP contribution in [0.25, 0.3) is 11.0 Å². The molecule has 2 aromatic heterocycles. The van der Waals surface area contributed by atoms with E-state index >= 15 is 0 Å². The van der Waals surface area contributed by atoms with E-state index in [1.807, 2.05) is 0 Å². The van der Waals surface area contributed by atoms with Gasteiger partial charge in [-0.25, -0.2) is 18.7 Å². The average molecular weight is 459 g/mol. The first-order valence-electron chi connectivity index (χ1n) is 10.8. The molecule has 1 aliphatic heterocycles. The number of nitrogens with zero attached hydrogens (tertiary/aromatic N) is 4. The van der Waals surface area contributed by atoms with Crippen LogP contribution in [0.1, 0.15) is 38.5 Å². The smallest absolute Gasteiger partial charge is 0.172 e. The Bertz CT molecular complexity index is 1150. The number of pyridine rings is 1. The quantitative estimate of drug-likeness (QED) is 0.516. The average Bonchev–Trinajstić information content (AvgIpc) is 2.79. The number of halogens is 2. The highest BCUT2D eigenvalue weighted by atomic mass is 19.1. The minimum atomic E-state index is -1.34. The second kappa shape index (κ2) is 9.03. The van der Waals surface area contributed by atoms with Crippen LogP contribution >= 0.6 is 0 Å². The highest BCUT2D eigenvalue weighted by molar-refractivity contribution is 5.80. The number of rotatable bonds is 6. The van der Waals surface area contributed by atoms with Gasteiger partial charge in [-0.05, 0) is 32.0 Å². The first-order valence-corrected chi connectivity index (χ1v) is 10.8. The van der Waals surface area contributed by atoms with E-state index in [2.05, 4.69) is 20.2 Å². The molecule has 1 fully saturated rings. The van der Waals surface area contributed by atoms with Crippen LogP contribution in [0.15, 0.2) is 30.5 Å². The van der Waals surface area contributed by atoms with E-state index in [0.717, 1.165) is 6.07 Å². The lowest BCUT2D eigenvalue weighted by Crippen LogP contribution is -2.39. The van der Waals surface area contributed by atoms with Crippen molar-refractivity contribution >= 4 is 22.7 Å². The van der Waals surface area contributed by atoms with Crippen molar-refractivity contribution in [1.29, 1.82) is 0 Å². The molecule has 1 saturated heterocycles. The molecule has 0 bridgehead atoms. The second-order valence-electron chi connectivity index (χ2n) is 8.68. The Morgan fingerprint density at radius 1 is 1.15 bits per heavy atom. The van der Waals surface area contributed by atoms with E-state index in [0.29, 0.717) is 54.3 Å². The lowest BCUT2D eigenvalue weighted by Gasteiger charge is -2.33. The fourth-order valence-corrected chi connectivity index (χ4v) is 3.80. The number of benzene rings is 1. The van der Waals surface area contributed by atoms with Crippen LogP contribution in [0.5, 0.6) is 5.75 Å². The number of nitrogens with one attached hydrogen (secondary N) is 1. The zero-order chi connectivity index (χ0) is 23.8. The third-order valence-corrected chi connectivity index (χ3v) is 5.67. The van der Waals surface area contributed by atoms with E-state index in [1.54, 1.807) is 13.1 Å². The molecular formula is C23H27F2N5O3. The molecule has 3 N–H and O–H groups in total. The van der Waals surface area contributed by atoms with E-state index in [1.165, 1.54) is 32.2 Å². The van der Waals surface area contributed by atoms with E-state index in [4.69, 9.17) is 9.72 Å². The minimum absolute atomic E-state index is 0.0476. The molecule has 0 saturated carbocycles. The second-order valence-corrected chi connectivity index (χ2v) is 8.68. The summed E-state index contributed by atoms with van der Waals surface area (Å²) in [5, 5.41) is 23.5. The molecule has 33 heavy (non-hydrogen) atoms. The maximum Gasteiger partial charge on any atom is 0.172 e. The summed E-state index contributed by atoms with van der Waals surface area (Å²) in [5.41, 5.74) is 0.0669. The number of hydrogen-bond acceptors (Lipinski definition) is 8. The predicted molar refractivity (Wildman–Crippen MR) is 120 cm³/mol. The van der Waals surface area contributed by atoms with E-state index < -0.39 is 23.3 Å². The number of piperidine rings is 1. The van der Waals surface area contributed by atoms with Crippen molar-refractivity contribution in [3.63, 3.8) is 0 Å². The van der Waals surface area contributed by atoms with Crippen LogP contribution in [-0.2, 0) is 0 Å². The van der Waals surface area contributed by atoms with Gasteiger partial charge >= 0.3 is 0 Å². The Kier molecular flexibility index (Phi) is 6.31. The van der Waals surface area contributed by atoms with Gasteiger partial charge in [0.05, 0.1) is 23.0 Å². The molecule has 8 nitrogen and oxygen atoms in total. The fraction of sp³-hybridized carbons (Fsp3) is 0.435. The van der Waals surface area contributed by atoms with Crippen molar-refractivity contribution in [1.82, 2.24) is 15.0 Å². The van der Waals surface area contributed by atoms with E-state index in [9.17, 15) is 19.0 Å². The number of hydrogen-bond donors (Lipinski definition) is 3. The van der Waals surface area contributed by atoms with Gasteiger partial charge in [0.2, 0.25) is 0 Å². The monoisotopic (exact) mass is 459 g/mol. The first-order chi connectivity index (χ1) is 15.7. The lowest BCUT2D eigenvalue weighted by atomic mass is 9.98. The maximum atomic E-state index is 13.9. The van der Waals surface area contributed by atoms with Gasteiger partial charge in [0, 0.05) is 39.0 Å². The minimum Gasteiger partial charge on any atom is -0.487 e. The molecule has 0 amide bonds. The Morgan fingerprint density at radius 2 is 1.88 bits per heavy atom. The van der Waals surface area contributed by atoms with Crippen molar-refractivity contribution in [3.8, 4) is 5.75 Å². The molecule has 4 rings (SSSR count). The van der Waals surface area contributed by atoms with E-state index in [-0.39, 0.29) is 11.9 Å². The standard InChI is InChI=1S/C23H27F2N5O3/c1-23(2,32)20(31)17-11-16-18(12-27-17)29-22(21(26-3)28-16)30-8-6-14(7-9-30)33-19-5-4-13(24)10-15(19)25/h4-5,10-12,14,20,31-32H,6-9H2,1-3H3,(H,26,28)/t20-/m0/s1. The summed E-state index contributed by atoms with van der Waals surface area (Å²) in [6.07, 6.45) is 1.44. The van der Waals surface area contributed by atoms with Gasteiger partial charge in [-0.1, -0.05) is 0 Å². The van der Waals surface area contributed by atoms with Gasteiger partial charge in [-0.3, -0.25) is 4.98 Å². The zero-order valence-electron chi connectivity index (χ0n) is 18.7. The number of anilines is 2. The molecule has 1 aromatic carbocycles. The Labute approximate surface area is 190 Å². The van der Waals surface area contributed by atoms with Crippen molar-refractivity contribution < 1.29 is 23.7 Å². The van der Waals surface area contributed by atoms with Crippen LogP contribution in [0.2, 0.25) is 0 Å². The lowest BCUT2D eigenvalue weighted by molar-refractivity contribution is -0.0516. The summed E-state index contributed by atoms with van der Waals surface area (Å²) in [7, 11) is 1.75. The predicted octanol–water partition coefficient (Wildman–Crippen LogP) is 3.20. The van der Waals surface area contributed by atoms with Gasteiger partial charge in [0.25, 0.3) is 0 Å². The third-order valence-electron chi connectivity index (χ3n) is 5.67. The van der Waals surface area contributed by atoms with Crippen molar-refractivity contribution in [2.45, 2.75) is 44.5 Å². The highest BCUT2D eigenvalue weighted by Gasteiger charge is 2.28. The van der Waals surface area contributed by atoms with Crippen molar-refractivity contribution in [2.75, 3.05) is 30.4 Å². The summed E-state index contributed by atoms with van der Waals surface area (Å²) in [6, 6.07) is 4.92. The van der Waals surface area contributed by atoms with Crippen LogP contribution in [0.3, 0.4) is 0 Å². The van der Waals surface area contributed by atoms with Gasteiger partial charge in [-0.2, -0.15) is 0 Å². The van der Waals surface area contributed by atoms with Crippen molar-refractivity contribution in [3.05, 3.63) is 47.8 Å². The summed E-state index contributed by atoms with van der Waals surface area (Å²) >= 11 is 0. The maximum absolute atomic E-state index is 13.9. The Balaban J connectivity index is 1.51. The van der Waals surface area contributed by atoms with Gasteiger partial charge in [0.1, 0.15) is 23.5 Å². The van der Waals surface area contributed by atoms with Gasteiger partial charge < -0.3 is 25.2 Å². The first kappa shape index (κ1) is 23.1. The molecule has 3 aromatic rings. The molecule has 0 aliphatic carbocycles. The zero-order valence-corrected chi connectivity index (χ0v) is 18.7. The van der Waals surface area contributed by atoms with Gasteiger partial charge in [0.15, 0.2) is 23.2 Å². The molecule has 176 valence electrons. The Morgan fingerprint density at radius 3 is 2.52 bits per heavy atom. The number of aromatic nitrogens is 3. The Hall–Kier alpha value is -3.11. The molecule has 3 heterocycles. The summed E-state index contributed by atoms with van der Waals surface area (Å²) in [6.45, 7) is 4.25. The third kappa shape index (κ3) is 4.96. The fourth-order valence-electron chi connectivity index (χ4n) is 3.80. The number of aliphatic hydroxyl groups excluding tert-OH is 1. The molecular weight excluding hydrogens is 432 g/mol. The molecule has 0 radical (unpaired) electrons. The molecule has 0 unspecified atom stereocenters. The topological polar surface area (TPSA) is 104 Å². The molecule has 10 heteroatoms. The largest absolute Gasteiger partial charge is 0.487 e. The summed E-state index contributed by atoms with van der Waals surface area (Å²) < 4.78 is 32.8. The number of ether oxygens (including phenoxy) is 1. The molecule has 0 spiro atoms. The van der Waals surface area contributed by atoms with Crippen LogP contribution in [0.4, 0.5) is 20.4 Å². The highest BCUT2D eigenvalue weighted by Crippen LogP contribution is 2.31. The van der Waals surface area contributed by atoms with Crippen molar-refractivity contribution in [2.24, 2.45) is 0 Å². The number of aliphatic hydroxyl groups is 2.